The predicted molar refractivity (Wildman–Crippen MR) is 381 cm³/mol. The molecule has 0 saturated heterocycles. The van der Waals surface area contributed by atoms with Crippen molar-refractivity contribution in [2.45, 2.75) is 38.5 Å². The van der Waals surface area contributed by atoms with Crippen LogP contribution >= 0.6 is 11.6 Å². The van der Waals surface area contributed by atoms with Crippen molar-refractivity contribution in [3.63, 3.8) is 0 Å². The molecule has 4 aromatic heterocycles. The smallest absolute Gasteiger partial charge is 0.423 e. The summed E-state index contributed by atoms with van der Waals surface area (Å²) in [5.41, 5.74) is 22.9. The van der Waals surface area contributed by atoms with Crippen molar-refractivity contribution >= 4 is 24.2 Å². The lowest BCUT2D eigenvalue weighted by atomic mass is 9.77. The Hall–Kier alpha value is -11.2. The highest BCUT2D eigenvalue weighted by molar-refractivity contribution is 6.58. The van der Waals surface area contributed by atoms with Gasteiger partial charge in [0.2, 0.25) is 0 Å². The van der Waals surface area contributed by atoms with Crippen molar-refractivity contribution < 1.29 is 10.0 Å². The van der Waals surface area contributed by atoms with Crippen LogP contribution in [0, 0.1) is 0 Å². The number of rotatable bonds is 10. The molecule has 4 heterocycles. The first-order valence-electron chi connectivity index (χ1n) is 31.2. The van der Waals surface area contributed by atoms with Crippen LogP contribution in [0.25, 0.3) is 124 Å². The van der Waals surface area contributed by atoms with Gasteiger partial charge in [0.25, 0.3) is 0 Å². The average Bonchev–Trinajstić information content (AvgIpc) is 1.59. The monoisotopic (exact) mass is 1240 g/mol. The number of nitrogens with zero attached hydrogens (tertiary/aromatic N) is 8. The number of pyridine rings is 2. The maximum Gasteiger partial charge on any atom is 0.488 e. The zero-order valence-electron chi connectivity index (χ0n) is 52.1. The number of benzene rings is 10. The van der Waals surface area contributed by atoms with E-state index in [1.54, 1.807) is 18.5 Å². The molecule has 0 radical (unpaired) electrons. The molecule has 12 heteroatoms. The zero-order valence-corrected chi connectivity index (χ0v) is 52.9. The minimum atomic E-state index is -1.41. The van der Waals surface area contributed by atoms with Crippen LogP contribution in [0.4, 0.5) is 0 Å². The van der Waals surface area contributed by atoms with Gasteiger partial charge < -0.3 is 10.0 Å². The average molecular weight is 1240 g/mol. The fourth-order valence-corrected chi connectivity index (χ4v) is 12.8. The fourth-order valence-electron chi connectivity index (χ4n) is 12.7. The van der Waals surface area contributed by atoms with Gasteiger partial charge in [0.05, 0.1) is 0 Å². The third kappa shape index (κ3) is 12.3. The molecule has 0 aliphatic heterocycles. The van der Waals surface area contributed by atoms with Crippen LogP contribution in [0.5, 0.6) is 0 Å². The van der Waals surface area contributed by atoms with Gasteiger partial charge in [0, 0.05) is 74.0 Å². The van der Waals surface area contributed by atoms with Crippen molar-refractivity contribution in [3.05, 3.63) is 319 Å². The van der Waals surface area contributed by atoms with Gasteiger partial charge in [-0.3, -0.25) is 9.97 Å². The molecule has 14 aromatic rings. The molecule has 0 fully saturated rings. The summed E-state index contributed by atoms with van der Waals surface area (Å²) in [6, 6.07) is 90.1. The molecule has 0 amide bonds. The lowest BCUT2D eigenvalue weighted by molar-refractivity contribution is 0.425. The second-order valence-electron chi connectivity index (χ2n) is 24.4. The standard InChI is InChI=1S/C41H30N4.C26H17ClN4.C15H15BO2/c1-41(2)36-16-7-6-15-34(36)35-25-31(21-22-37(35)41)30-12-8-13-32(24-30)40-44-38(28-10-4-3-5-11-28)43-39(45-40)29-19-17-27(18-20-29)33-14-9-23-42-26-33;27-23-10-4-8-21(16-23)26-30-24(19-6-2-1-3-7-19)29-25(31-26)20-13-11-18(12-14-20)22-9-5-15-28-17-22;1-15(2)13-6-4-3-5-11(13)12-9-10(16(17)18)7-8-14(12)15/h3-26H,1-2H3;1-17H;3-9,17-18H,1-2H3. The first kappa shape index (κ1) is 60.4. The van der Waals surface area contributed by atoms with Gasteiger partial charge in [-0.05, 0) is 120 Å². The van der Waals surface area contributed by atoms with Gasteiger partial charge in [-0.25, -0.2) is 29.9 Å². The van der Waals surface area contributed by atoms with E-state index in [0.717, 1.165) is 66.8 Å². The summed E-state index contributed by atoms with van der Waals surface area (Å²) in [5, 5.41) is 19.2. The molecule has 452 valence electrons. The van der Waals surface area contributed by atoms with Crippen molar-refractivity contribution in [2.24, 2.45) is 0 Å². The maximum absolute atomic E-state index is 9.29. The molecule has 0 spiro atoms. The summed E-state index contributed by atoms with van der Waals surface area (Å²) in [7, 11) is -1.41. The second-order valence-corrected chi connectivity index (χ2v) is 24.8. The molecule has 0 saturated carbocycles. The molecule has 10 nitrogen and oxygen atoms in total. The third-order valence-electron chi connectivity index (χ3n) is 17.6. The van der Waals surface area contributed by atoms with Crippen molar-refractivity contribution in [3.8, 4) is 124 Å². The molecule has 0 unspecified atom stereocenters. The quantitative estimate of drug-likeness (QED) is 0.127. The van der Waals surface area contributed by atoms with Gasteiger partial charge in [-0.15, -0.1) is 0 Å². The van der Waals surface area contributed by atoms with E-state index in [1.165, 1.54) is 44.5 Å². The molecule has 16 rings (SSSR count). The third-order valence-corrected chi connectivity index (χ3v) is 17.9. The van der Waals surface area contributed by atoms with Crippen LogP contribution in [-0.2, 0) is 10.8 Å². The predicted octanol–water partition coefficient (Wildman–Crippen LogP) is 18.2. The van der Waals surface area contributed by atoms with Gasteiger partial charge in [-0.1, -0.05) is 270 Å². The van der Waals surface area contributed by atoms with E-state index in [-0.39, 0.29) is 10.8 Å². The van der Waals surface area contributed by atoms with Gasteiger partial charge in [0.15, 0.2) is 34.9 Å². The largest absolute Gasteiger partial charge is 0.488 e. The summed E-state index contributed by atoms with van der Waals surface area (Å²) >= 11 is 6.21. The maximum atomic E-state index is 9.29. The highest BCUT2D eigenvalue weighted by Crippen LogP contribution is 2.50. The van der Waals surface area contributed by atoms with E-state index in [1.807, 2.05) is 152 Å². The van der Waals surface area contributed by atoms with Crippen LogP contribution in [0.3, 0.4) is 0 Å². The van der Waals surface area contributed by atoms with Crippen molar-refractivity contribution in [2.75, 3.05) is 0 Å². The number of halogens is 1. The number of hydrogen-bond donors (Lipinski definition) is 2. The van der Waals surface area contributed by atoms with E-state index in [9.17, 15) is 10.0 Å². The lowest BCUT2D eigenvalue weighted by Gasteiger charge is -2.21. The highest BCUT2D eigenvalue weighted by Gasteiger charge is 2.37. The van der Waals surface area contributed by atoms with E-state index < -0.39 is 7.12 Å². The molecule has 0 bridgehead atoms. The van der Waals surface area contributed by atoms with Crippen LogP contribution in [0.2, 0.25) is 5.02 Å². The van der Waals surface area contributed by atoms with Crippen LogP contribution in [0.1, 0.15) is 49.9 Å². The SMILES string of the molecule is CC1(C)c2ccccc2-c2cc(-c3cccc(-c4nc(-c5ccccc5)nc(-c5ccc(-c6cccnc6)cc5)n4)c3)ccc21.CC1(C)c2ccccc2-c2cc(B(O)O)ccc21.Clc1cccc(-c2nc(-c3ccccc3)nc(-c3ccc(-c4cccnc4)cc3)n2)c1. The minimum absolute atomic E-state index is 0.0163. The first-order chi connectivity index (χ1) is 45.8. The Bertz CT molecular complexity index is 5060. The normalized spacial score (nSPS) is 12.6. The summed E-state index contributed by atoms with van der Waals surface area (Å²) in [5.74, 6) is 3.75. The zero-order chi connectivity index (χ0) is 64.3. The Morgan fingerprint density at radius 1 is 0.277 bits per heavy atom. The molecule has 10 aromatic carbocycles. The molecule has 0 atom stereocenters. The fraction of sp³-hybridized carbons (Fsp3) is 0.0732. The highest BCUT2D eigenvalue weighted by atomic mass is 35.5. The number of aromatic nitrogens is 8. The summed E-state index contributed by atoms with van der Waals surface area (Å²) in [6.45, 7) is 9.03. The Balaban J connectivity index is 0.000000134. The van der Waals surface area contributed by atoms with E-state index >= 15 is 0 Å². The van der Waals surface area contributed by atoms with Crippen LogP contribution < -0.4 is 5.46 Å². The van der Waals surface area contributed by atoms with Crippen molar-refractivity contribution in [1.29, 1.82) is 0 Å². The number of hydrogen-bond acceptors (Lipinski definition) is 10. The molecule has 2 N–H and O–H groups in total. The van der Waals surface area contributed by atoms with Crippen molar-refractivity contribution in [1.82, 2.24) is 39.9 Å². The Morgan fingerprint density at radius 2 is 0.617 bits per heavy atom. The molecule has 94 heavy (non-hydrogen) atoms. The minimum Gasteiger partial charge on any atom is -0.423 e. The molecule has 2 aliphatic rings. The molecule has 2 aliphatic carbocycles. The molecular formula is C82H62BClN8O2. The van der Waals surface area contributed by atoms with E-state index in [0.29, 0.717) is 45.4 Å². The molecular weight excluding hydrogens is 1180 g/mol. The second kappa shape index (κ2) is 25.8. The summed E-state index contributed by atoms with van der Waals surface area (Å²) < 4.78 is 0. The number of fused-ring (bicyclic) bond motifs is 6. The Kier molecular flexibility index (Phi) is 16.6. The summed E-state index contributed by atoms with van der Waals surface area (Å²) in [4.78, 5) is 37.6. The Morgan fingerprint density at radius 3 is 1.07 bits per heavy atom. The van der Waals surface area contributed by atoms with Crippen LogP contribution in [-0.4, -0.2) is 57.0 Å². The topological polar surface area (TPSA) is 144 Å². The summed E-state index contributed by atoms with van der Waals surface area (Å²) in [6.07, 6.45) is 7.28. The van der Waals surface area contributed by atoms with Crippen LogP contribution in [0.15, 0.2) is 292 Å². The lowest BCUT2D eigenvalue weighted by Crippen LogP contribution is -2.30. The van der Waals surface area contributed by atoms with Gasteiger partial charge in [0.1, 0.15) is 0 Å². The van der Waals surface area contributed by atoms with Gasteiger partial charge in [-0.2, -0.15) is 0 Å². The first-order valence-corrected chi connectivity index (χ1v) is 31.6. The van der Waals surface area contributed by atoms with E-state index in [4.69, 9.17) is 41.5 Å². The van der Waals surface area contributed by atoms with Gasteiger partial charge >= 0.3 is 7.12 Å². The van der Waals surface area contributed by atoms with E-state index in [2.05, 4.69) is 159 Å². The Labute approximate surface area is 552 Å².